The van der Waals surface area contributed by atoms with Gasteiger partial charge in [-0.2, -0.15) is 0 Å². The van der Waals surface area contributed by atoms with Crippen molar-refractivity contribution in [1.82, 2.24) is 25.5 Å². The maximum Gasteiger partial charge on any atom is 0.322 e. The van der Waals surface area contributed by atoms with Gasteiger partial charge in [0.25, 0.3) is 0 Å². The van der Waals surface area contributed by atoms with E-state index in [1.165, 1.54) is 0 Å². The fourth-order valence-electron chi connectivity index (χ4n) is 4.65. The molecule has 1 aromatic carbocycles. The van der Waals surface area contributed by atoms with Gasteiger partial charge in [-0.25, -0.2) is 14.8 Å². The van der Waals surface area contributed by atoms with E-state index in [0.29, 0.717) is 18.3 Å². The normalized spacial score (nSPS) is 28.3. The van der Waals surface area contributed by atoms with Crippen LogP contribution in [0.3, 0.4) is 0 Å². The summed E-state index contributed by atoms with van der Waals surface area (Å²) in [6.45, 7) is 5.66. The third-order valence-corrected chi connectivity index (χ3v) is 5.90. The van der Waals surface area contributed by atoms with Gasteiger partial charge < -0.3 is 10.2 Å². The standard InChI is InChI=1S/C19H22N6O2/c1-11-18(21-15-5-3-2-4-14(15)20-11)25-9-12-7-24(8-13(12)10-25)16-6-17(26)23-19(27)22-16/h2-5,12-13,16H,6-10H2,1H3,(H2,22,23,26,27). The summed E-state index contributed by atoms with van der Waals surface area (Å²) < 4.78 is 0. The number of hydrogen-bond acceptors (Lipinski definition) is 6. The van der Waals surface area contributed by atoms with Crippen LogP contribution < -0.4 is 15.5 Å². The van der Waals surface area contributed by atoms with Crippen molar-refractivity contribution in [2.24, 2.45) is 11.8 Å². The molecule has 3 saturated heterocycles. The molecule has 140 valence electrons. The van der Waals surface area contributed by atoms with Crippen LogP contribution in [0.15, 0.2) is 24.3 Å². The van der Waals surface area contributed by atoms with Crippen molar-refractivity contribution in [1.29, 1.82) is 0 Å². The van der Waals surface area contributed by atoms with Gasteiger partial charge in [-0.15, -0.1) is 0 Å². The molecule has 4 heterocycles. The van der Waals surface area contributed by atoms with E-state index in [1.54, 1.807) is 0 Å². The van der Waals surface area contributed by atoms with Crippen LogP contribution in [-0.4, -0.2) is 59.2 Å². The van der Waals surface area contributed by atoms with Crippen molar-refractivity contribution in [2.75, 3.05) is 31.1 Å². The molecule has 8 nitrogen and oxygen atoms in total. The summed E-state index contributed by atoms with van der Waals surface area (Å²) >= 11 is 0. The lowest BCUT2D eigenvalue weighted by molar-refractivity contribution is -0.122. The first-order valence-electron chi connectivity index (χ1n) is 9.39. The fourth-order valence-corrected chi connectivity index (χ4v) is 4.65. The summed E-state index contributed by atoms with van der Waals surface area (Å²) in [7, 11) is 0. The van der Waals surface area contributed by atoms with Crippen LogP contribution >= 0.6 is 0 Å². The summed E-state index contributed by atoms with van der Waals surface area (Å²) in [5.74, 6) is 1.80. The summed E-state index contributed by atoms with van der Waals surface area (Å²) in [5.41, 5.74) is 2.81. The largest absolute Gasteiger partial charge is 0.354 e. The van der Waals surface area contributed by atoms with Crippen molar-refractivity contribution in [2.45, 2.75) is 19.5 Å². The van der Waals surface area contributed by atoms with Crippen LogP contribution in [-0.2, 0) is 4.79 Å². The minimum absolute atomic E-state index is 0.188. The fraction of sp³-hybridized carbons (Fsp3) is 0.474. The molecule has 3 aliphatic rings. The third kappa shape index (κ3) is 2.90. The van der Waals surface area contributed by atoms with Gasteiger partial charge in [0.2, 0.25) is 5.91 Å². The lowest BCUT2D eigenvalue weighted by atomic mass is 10.0. The Morgan fingerprint density at radius 2 is 1.67 bits per heavy atom. The van der Waals surface area contributed by atoms with Gasteiger partial charge in [-0.1, -0.05) is 12.1 Å². The number of para-hydroxylation sites is 2. The SMILES string of the molecule is Cc1nc2ccccc2nc1N1CC2CN(C3CC(=O)NC(=O)N3)CC2C1. The molecule has 3 fully saturated rings. The quantitative estimate of drug-likeness (QED) is 0.819. The number of imide groups is 1. The molecule has 2 aromatic rings. The Kier molecular flexibility index (Phi) is 3.75. The number of aryl methyl sites for hydroxylation is 1. The predicted molar refractivity (Wildman–Crippen MR) is 100 cm³/mol. The Labute approximate surface area is 156 Å². The van der Waals surface area contributed by atoms with Crippen LogP contribution in [0, 0.1) is 18.8 Å². The molecule has 3 atom stereocenters. The molecule has 5 rings (SSSR count). The van der Waals surface area contributed by atoms with Gasteiger partial charge in [0.05, 0.1) is 29.3 Å². The van der Waals surface area contributed by atoms with Gasteiger partial charge in [0.15, 0.2) is 5.82 Å². The second-order valence-electron chi connectivity index (χ2n) is 7.74. The molecule has 3 unspecified atom stereocenters. The molecule has 3 aliphatic heterocycles. The number of aromatic nitrogens is 2. The minimum atomic E-state index is -0.392. The molecule has 0 spiro atoms. The number of nitrogens with zero attached hydrogens (tertiary/aromatic N) is 4. The van der Waals surface area contributed by atoms with Crippen LogP contribution in [0.5, 0.6) is 0 Å². The summed E-state index contributed by atoms with van der Waals surface area (Å²) in [4.78, 5) is 37.4. The Hall–Kier alpha value is -2.74. The first-order valence-corrected chi connectivity index (χ1v) is 9.39. The lowest BCUT2D eigenvalue weighted by Gasteiger charge is -2.32. The van der Waals surface area contributed by atoms with Crippen molar-refractivity contribution < 1.29 is 9.59 Å². The zero-order valence-corrected chi connectivity index (χ0v) is 15.2. The molecule has 8 heteroatoms. The third-order valence-electron chi connectivity index (χ3n) is 5.90. The van der Waals surface area contributed by atoms with E-state index in [2.05, 4.69) is 20.4 Å². The first kappa shape index (κ1) is 16.4. The number of anilines is 1. The Bertz CT molecular complexity index is 902. The van der Waals surface area contributed by atoms with Crippen molar-refractivity contribution >= 4 is 28.8 Å². The van der Waals surface area contributed by atoms with Crippen LogP contribution in [0.2, 0.25) is 0 Å². The zero-order valence-electron chi connectivity index (χ0n) is 15.2. The highest BCUT2D eigenvalue weighted by molar-refractivity contribution is 5.97. The maximum absolute atomic E-state index is 11.6. The van der Waals surface area contributed by atoms with Crippen molar-refractivity contribution in [3.63, 3.8) is 0 Å². The summed E-state index contributed by atoms with van der Waals surface area (Å²) in [6.07, 6.45) is 0.136. The number of hydrogen-bond donors (Lipinski definition) is 2. The number of carbonyl (C=O) groups excluding carboxylic acids is 2. The first-order chi connectivity index (χ1) is 13.1. The average molecular weight is 366 g/mol. The molecule has 0 aliphatic carbocycles. The van der Waals surface area contributed by atoms with Crippen molar-refractivity contribution in [3.05, 3.63) is 30.0 Å². The minimum Gasteiger partial charge on any atom is -0.354 e. The highest BCUT2D eigenvalue weighted by Crippen LogP contribution is 2.35. The zero-order chi connectivity index (χ0) is 18.5. The van der Waals surface area contributed by atoms with Crippen LogP contribution in [0.1, 0.15) is 12.1 Å². The highest BCUT2D eigenvalue weighted by Gasteiger charge is 2.44. The average Bonchev–Trinajstić information content (AvgIpc) is 3.19. The lowest BCUT2D eigenvalue weighted by Crippen LogP contribution is -2.58. The second-order valence-corrected chi connectivity index (χ2v) is 7.74. The second kappa shape index (κ2) is 6.16. The molecular weight excluding hydrogens is 344 g/mol. The van der Waals surface area contributed by atoms with E-state index >= 15 is 0 Å². The number of benzene rings is 1. The number of amides is 3. The number of nitrogens with one attached hydrogen (secondary N) is 2. The van der Waals surface area contributed by atoms with E-state index in [9.17, 15) is 9.59 Å². The summed E-state index contributed by atoms with van der Waals surface area (Å²) in [5, 5.41) is 5.16. The van der Waals surface area contributed by atoms with E-state index < -0.39 is 6.03 Å². The van der Waals surface area contributed by atoms with E-state index in [4.69, 9.17) is 9.97 Å². The predicted octanol–water partition coefficient (Wildman–Crippen LogP) is 0.862. The maximum atomic E-state index is 11.6. The number of likely N-dealkylation sites (tertiary alicyclic amines) is 1. The van der Waals surface area contributed by atoms with Gasteiger partial charge in [0.1, 0.15) is 0 Å². The molecule has 3 amide bonds. The monoisotopic (exact) mass is 366 g/mol. The summed E-state index contributed by atoms with van der Waals surface area (Å²) in [6, 6.07) is 7.57. The topological polar surface area (TPSA) is 90.5 Å². The number of fused-ring (bicyclic) bond motifs is 2. The van der Waals surface area contributed by atoms with E-state index in [0.717, 1.165) is 48.7 Å². The molecule has 0 bridgehead atoms. The van der Waals surface area contributed by atoms with Crippen LogP contribution in [0.25, 0.3) is 11.0 Å². The Morgan fingerprint density at radius 1 is 1.00 bits per heavy atom. The smallest absolute Gasteiger partial charge is 0.322 e. The van der Waals surface area contributed by atoms with Gasteiger partial charge in [-0.05, 0) is 30.9 Å². The molecular formula is C19H22N6O2. The number of urea groups is 1. The molecule has 2 N–H and O–H groups in total. The number of carbonyl (C=O) groups is 2. The van der Waals surface area contributed by atoms with E-state index in [1.807, 2.05) is 31.2 Å². The molecule has 1 aromatic heterocycles. The van der Waals surface area contributed by atoms with Gasteiger partial charge >= 0.3 is 6.03 Å². The molecule has 0 radical (unpaired) electrons. The Balaban J connectivity index is 1.31. The van der Waals surface area contributed by atoms with Gasteiger partial charge in [-0.3, -0.25) is 15.0 Å². The Morgan fingerprint density at radius 3 is 2.33 bits per heavy atom. The highest BCUT2D eigenvalue weighted by atomic mass is 16.2. The molecule has 27 heavy (non-hydrogen) atoms. The van der Waals surface area contributed by atoms with Crippen LogP contribution in [0.4, 0.5) is 10.6 Å². The van der Waals surface area contributed by atoms with Crippen molar-refractivity contribution in [3.8, 4) is 0 Å². The van der Waals surface area contributed by atoms with E-state index in [-0.39, 0.29) is 12.1 Å². The molecule has 0 saturated carbocycles. The van der Waals surface area contributed by atoms with Gasteiger partial charge in [0, 0.05) is 26.2 Å². The number of rotatable bonds is 2.